The van der Waals surface area contributed by atoms with Crippen molar-refractivity contribution in [3.8, 4) is 11.1 Å². The molecule has 0 aromatic heterocycles. The van der Waals surface area contributed by atoms with E-state index in [9.17, 15) is 37.1 Å². The fourth-order valence-electron chi connectivity index (χ4n) is 5.81. The van der Waals surface area contributed by atoms with E-state index in [1.807, 2.05) is 0 Å². The minimum Gasteiger partial charge on any atom is -0.465 e. The molecule has 0 spiro atoms. The number of halogens is 3. The van der Waals surface area contributed by atoms with Crippen molar-refractivity contribution in [1.82, 2.24) is 15.5 Å². The molecule has 4 aromatic carbocycles. The normalized spacial score (nSPS) is 11.3. The van der Waals surface area contributed by atoms with Crippen molar-refractivity contribution in [3.05, 3.63) is 125 Å². The number of carbonyl (C=O) groups excluding carboxylic acids is 5. The quantitative estimate of drug-likeness (QED) is 0.108. The van der Waals surface area contributed by atoms with Crippen LogP contribution in [0.4, 0.5) is 18.9 Å². The first-order chi connectivity index (χ1) is 25.2. The maximum atomic E-state index is 13.6. The predicted molar refractivity (Wildman–Crippen MR) is 194 cm³/mol. The molecule has 0 unspecified atom stereocenters. The number of hydrogen-bond donors (Lipinski definition) is 3. The standard InChI is InChI=1S/C40H41F3N4O6/c1-5-44-37(51)39(38(52)45-6-2,28-12-8-7-9-13-28)22-23-53-34(48)25-26-16-21-33(32(24-26)36(50)47(3)4)46-35(49)31-15-11-10-14-30(31)27-17-19-29(20-18-27)40(41,42)43/h7-21,24H,5-6,22-23,25H2,1-4H3,(H,44,51)(H,45,52)(H,46,49). The van der Waals surface area contributed by atoms with Crippen molar-refractivity contribution >= 4 is 35.3 Å². The Labute approximate surface area is 305 Å². The molecule has 0 aliphatic rings. The number of ether oxygens (including phenoxy) is 1. The highest BCUT2D eigenvalue weighted by atomic mass is 19.4. The molecule has 0 aliphatic heterocycles. The molecule has 4 amide bonds. The summed E-state index contributed by atoms with van der Waals surface area (Å²) in [6.45, 7) is 3.77. The number of hydrogen-bond acceptors (Lipinski definition) is 6. The Morgan fingerprint density at radius 2 is 1.32 bits per heavy atom. The van der Waals surface area contributed by atoms with Crippen molar-refractivity contribution in [2.45, 2.75) is 38.3 Å². The number of esters is 1. The number of alkyl halides is 3. The maximum absolute atomic E-state index is 13.6. The Balaban J connectivity index is 1.54. The minimum absolute atomic E-state index is 0.0798. The van der Waals surface area contributed by atoms with Gasteiger partial charge < -0.3 is 25.6 Å². The molecule has 278 valence electrons. The molecule has 4 aromatic rings. The molecule has 0 atom stereocenters. The highest BCUT2D eigenvalue weighted by Gasteiger charge is 2.47. The van der Waals surface area contributed by atoms with Crippen molar-refractivity contribution < 1.29 is 41.9 Å². The highest BCUT2D eigenvalue weighted by molar-refractivity contribution is 6.12. The van der Waals surface area contributed by atoms with E-state index in [4.69, 9.17) is 4.74 Å². The SMILES string of the molecule is CCNC(=O)C(CCOC(=O)Cc1ccc(NC(=O)c2ccccc2-c2ccc(C(F)(F)F)cc2)c(C(=O)N(C)C)c1)(C(=O)NCC)c1ccccc1. The van der Waals surface area contributed by atoms with Gasteiger partial charge in [-0.2, -0.15) is 13.2 Å². The van der Waals surface area contributed by atoms with Gasteiger partial charge in [0.05, 0.1) is 29.8 Å². The zero-order valence-electron chi connectivity index (χ0n) is 29.8. The summed E-state index contributed by atoms with van der Waals surface area (Å²) in [5.41, 5.74) is -0.489. The van der Waals surface area contributed by atoms with Crippen LogP contribution in [0.2, 0.25) is 0 Å². The van der Waals surface area contributed by atoms with Gasteiger partial charge in [0.2, 0.25) is 11.8 Å². The molecule has 0 saturated carbocycles. The second kappa shape index (κ2) is 17.5. The zero-order chi connectivity index (χ0) is 38.8. The first-order valence-electron chi connectivity index (χ1n) is 16.9. The van der Waals surface area contributed by atoms with E-state index in [2.05, 4.69) is 16.0 Å². The second-order valence-corrected chi connectivity index (χ2v) is 12.3. The Hall–Kier alpha value is -5.98. The van der Waals surface area contributed by atoms with Crippen LogP contribution in [-0.2, 0) is 37.1 Å². The lowest BCUT2D eigenvalue weighted by atomic mass is 9.75. The number of nitrogens with zero attached hydrogens (tertiary/aromatic N) is 1. The maximum Gasteiger partial charge on any atom is 0.416 e. The van der Waals surface area contributed by atoms with Gasteiger partial charge in [0.25, 0.3) is 11.8 Å². The fraction of sp³-hybridized carbons (Fsp3) is 0.275. The molecule has 0 bridgehead atoms. The molecule has 13 heteroatoms. The summed E-state index contributed by atoms with van der Waals surface area (Å²) in [6.07, 6.45) is -4.91. The molecule has 0 heterocycles. The van der Waals surface area contributed by atoms with Gasteiger partial charge in [0, 0.05) is 39.2 Å². The molecule has 0 saturated heterocycles. The molecular weight excluding hydrogens is 689 g/mol. The predicted octanol–water partition coefficient (Wildman–Crippen LogP) is 6.01. The van der Waals surface area contributed by atoms with Crippen LogP contribution in [0.25, 0.3) is 11.1 Å². The third kappa shape index (κ3) is 9.47. The average Bonchev–Trinajstić information content (AvgIpc) is 3.14. The molecule has 3 N–H and O–H groups in total. The van der Waals surface area contributed by atoms with Crippen LogP contribution >= 0.6 is 0 Å². The van der Waals surface area contributed by atoms with Gasteiger partial charge in [-0.1, -0.05) is 66.7 Å². The summed E-state index contributed by atoms with van der Waals surface area (Å²) in [7, 11) is 3.05. The Morgan fingerprint density at radius 3 is 1.91 bits per heavy atom. The number of amides is 4. The highest BCUT2D eigenvalue weighted by Crippen LogP contribution is 2.33. The van der Waals surface area contributed by atoms with E-state index in [0.717, 1.165) is 12.1 Å². The molecular formula is C40H41F3N4O6. The Morgan fingerprint density at radius 1 is 0.717 bits per heavy atom. The van der Waals surface area contributed by atoms with E-state index < -0.39 is 46.8 Å². The van der Waals surface area contributed by atoms with E-state index in [0.29, 0.717) is 22.3 Å². The average molecular weight is 731 g/mol. The lowest BCUT2D eigenvalue weighted by molar-refractivity contribution is -0.147. The van der Waals surface area contributed by atoms with Gasteiger partial charge in [-0.3, -0.25) is 24.0 Å². The molecule has 4 rings (SSSR count). The van der Waals surface area contributed by atoms with Crippen LogP contribution in [0.15, 0.2) is 97.1 Å². The van der Waals surface area contributed by atoms with Gasteiger partial charge in [0.1, 0.15) is 0 Å². The summed E-state index contributed by atoms with van der Waals surface area (Å²) in [4.78, 5) is 68.1. The molecule has 53 heavy (non-hydrogen) atoms. The minimum atomic E-state index is -4.51. The van der Waals surface area contributed by atoms with Crippen LogP contribution in [0.5, 0.6) is 0 Å². The van der Waals surface area contributed by atoms with Crippen LogP contribution < -0.4 is 16.0 Å². The smallest absolute Gasteiger partial charge is 0.416 e. The van der Waals surface area contributed by atoms with Crippen LogP contribution in [-0.4, -0.2) is 68.3 Å². The first kappa shape index (κ1) is 39.8. The Kier molecular flexibility index (Phi) is 13.1. The monoisotopic (exact) mass is 730 g/mol. The van der Waals surface area contributed by atoms with Crippen LogP contribution in [0.3, 0.4) is 0 Å². The molecule has 0 radical (unpaired) electrons. The largest absolute Gasteiger partial charge is 0.465 e. The second-order valence-electron chi connectivity index (χ2n) is 12.3. The summed E-state index contributed by atoms with van der Waals surface area (Å²) < 4.78 is 45.0. The van der Waals surface area contributed by atoms with Crippen molar-refractivity contribution in [1.29, 1.82) is 0 Å². The van der Waals surface area contributed by atoms with Crippen molar-refractivity contribution in [2.24, 2.45) is 0 Å². The Bertz CT molecular complexity index is 1930. The van der Waals surface area contributed by atoms with Gasteiger partial charge >= 0.3 is 12.1 Å². The zero-order valence-corrected chi connectivity index (χ0v) is 29.8. The number of likely N-dealkylation sites (N-methyl/N-ethyl adjacent to an activating group) is 2. The first-order valence-corrected chi connectivity index (χ1v) is 16.9. The van der Waals surface area contributed by atoms with Gasteiger partial charge in [-0.25, -0.2) is 0 Å². The van der Waals surface area contributed by atoms with Gasteiger partial charge in [0.15, 0.2) is 5.41 Å². The van der Waals surface area contributed by atoms with E-state index in [1.54, 1.807) is 68.4 Å². The topological polar surface area (TPSA) is 134 Å². The lowest BCUT2D eigenvalue weighted by Crippen LogP contribution is -2.55. The van der Waals surface area contributed by atoms with E-state index >= 15 is 0 Å². The van der Waals surface area contributed by atoms with E-state index in [-0.39, 0.29) is 49.4 Å². The number of rotatable bonds is 14. The summed E-state index contributed by atoms with van der Waals surface area (Å²) in [5.74, 6) is -2.81. The third-order valence-electron chi connectivity index (χ3n) is 8.47. The number of benzene rings is 4. The summed E-state index contributed by atoms with van der Waals surface area (Å²) in [5, 5.41) is 8.20. The summed E-state index contributed by atoms with van der Waals surface area (Å²) in [6, 6.07) is 23.8. The fourth-order valence-corrected chi connectivity index (χ4v) is 5.81. The van der Waals surface area contributed by atoms with Crippen molar-refractivity contribution in [2.75, 3.05) is 39.1 Å². The summed E-state index contributed by atoms with van der Waals surface area (Å²) >= 11 is 0. The molecule has 0 fully saturated rings. The van der Waals surface area contributed by atoms with Gasteiger partial charge in [-0.05, 0) is 66.4 Å². The third-order valence-corrected chi connectivity index (χ3v) is 8.47. The lowest BCUT2D eigenvalue weighted by Gasteiger charge is -2.31. The molecule has 0 aliphatic carbocycles. The van der Waals surface area contributed by atoms with Crippen molar-refractivity contribution in [3.63, 3.8) is 0 Å². The van der Waals surface area contributed by atoms with Crippen LogP contribution in [0.1, 0.15) is 57.7 Å². The van der Waals surface area contributed by atoms with E-state index in [1.165, 1.54) is 49.3 Å². The van der Waals surface area contributed by atoms with Crippen LogP contribution in [0, 0.1) is 0 Å². The number of carbonyl (C=O) groups is 5. The van der Waals surface area contributed by atoms with Gasteiger partial charge in [-0.15, -0.1) is 0 Å². The molecule has 10 nitrogen and oxygen atoms in total. The number of anilines is 1. The number of nitrogens with one attached hydrogen (secondary N) is 3.